The second-order valence-electron chi connectivity index (χ2n) is 7.85. The van der Waals surface area contributed by atoms with Crippen molar-refractivity contribution in [3.63, 3.8) is 0 Å². The maximum Gasteiger partial charge on any atom is 0.255 e. The second kappa shape index (κ2) is 7.71. The summed E-state index contributed by atoms with van der Waals surface area (Å²) in [5.41, 5.74) is 3.00. The Morgan fingerprint density at radius 2 is 1.67 bits per heavy atom. The predicted molar refractivity (Wildman–Crippen MR) is 113 cm³/mol. The van der Waals surface area contributed by atoms with Gasteiger partial charge in [-0.15, -0.1) is 0 Å². The van der Waals surface area contributed by atoms with Gasteiger partial charge < -0.3 is 5.32 Å². The zero-order chi connectivity index (χ0) is 21.4. The van der Waals surface area contributed by atoms with Gasteiger partial charge in [-0.05, 0) is 69.2 Å². The monoisotopic (exact) mass is 402 g/mol. The van der Waals surface area contributed by atoms with Crippen molar-refractivity contribution < 1.29 is 19.2 Å². The van der Waals surface area contributed by atoms with Crippen molar-refractivity contribution in [2.45, 2.75) is 26.7 Å². The average molecular weight is 402 g/mol. The van der Waals surface area contributed by atoms with Crippen molar-refractivity contribution in [2.75, 3.05) is 10.2 Å². The lowest BCUT2D eigenvalue weighted by Gasteiger charge is -2.18. The third-order valence-corrected chi connectivity index (χ3v) is 5.74. The molecule has 1 heterocycles. The summed E-state index contributed by atoms with van der Waals surface area (Å²) in [6.45, 7) is 3.46. The number of hydrogen-bond acceptors (Lipinski definition) is 4. The van der Waals surface area contributed by atoms with Gasteiger partial charge in [0.2, 0.25) is 11.8 Å². The van der Waals surface area contributed by atoms with Crippen LogP contribution < -0.4 is 10.2 Å². The molecule has 152 valence electrons. The number of allylic oxidation sites excluding steroid dienone is 2. The molecule has 6 nitrogen and oxygen atoms in total. The molecule has 1 fully saturated rings. The molecule has 0 bridgehead atoms. The van der Waals surface area contributed by atoms with E-state index in [0.717, 1.165) is 5.57 Å². The number of anilines is 2. The summed E-state index contributed by atoms with van der Waals surface area (Å²) >= 11 is 0. The molecule has 0 saturated carbocycles. The fraction of sp³-hybridized carbons (Fsp3) is 0.250. The number of fused-ring (bicyclic) bond motifs is 1. The van der Waals surface area contributed by atoms with Crippen LogP contribution in [0.25, 0.3) is 0 Å². The van der Waals surface area contributed by atoms with Crippen molar-refractivity contribution in [3.05, 3.63) is 71.3 Å². The minimum Gasteiger partial charge on any atom is -0.322 e. The van der Waals surface area contributed by atoms with Crippen molar-refractivity contribution >= 4 is 34.9 Å². The Bertz CT molecular complexity index is 1080. The van der Waals surface area contributed by atoms with Gasteiger partial charge in [0.15, 0.2) is 5.78 Å². The summed E-state index contributed by atoms with van der Waals surface area (Å²) in [5, 5.41) is 2.77. The zero-order valence-corrected chi connectivity index (χ0v) is 16.8. The second-order valence-corrected chi connectivity index (χ2v) is 7.85. The van der Waals surface area contributed by atoms with Gasteiger partial charge in [-0.3, -0.25) is 24.1 Å². The molecule has 30 heavy (non-hydrogen) atoms. The lowest BCUT2D eigenvalue weighted by molar-refractivity contribution is -0.122. The van der Waals surface area contributed by atoms with Crippen molar-refractivity contribution in [3.8, 4) is 0 Å². The number of carbonyl (C=O) groups excluding carboxylic acids is 4. The van der Waals surface area contributed by atoms with Crippen LogP contribution in [0.2, 0.25) is 0 Å². The van der Waals surface area contributed by atoms with Crippen molar-refractivity contribution in [1.29, 1.82) is 0 Å². The number of ketones is 1. The highest BCUT2D eigenvalue weighted by Gasteiger charge is 2.48. The lowest BCUT2D eigenvalue weighted by Crippen LogP contribution is -2.31. The first-order valence-electron chi connectivity index (χ1n) is 9.91. The third-order valence-electron chi connectivity index (χ3n) is 5.74. The third kappa shape index (κ3) is 3.56. The van der Waals surface area contributed by atoms with Crippen LogP contribution in [0.3, 0.4) is 0 Å². The lowest BCUT2D eigenvalue weighted by atomic mass is 9.82. The molecule has 1 saturated heterocycles. The number of Topliss-reactive ketones (excluding diaryl/α,β-unsaturated/α-hetero) is 1. The Morgan fingerprint density at radius 3 is 2.37 bits per heavy atom. The van der Waals surface area contributed by atoms with Crippen LogP contribution in [0, 0.1) is 11.8 Å². The van der Waals surface area contributed by atoms with Gasteiger partial charge in [-0.25, -0.2) is 0 Å². The van der Waals surface area contributed by atoms with E-state index >= 15 is 0 Å². The minimum atomic E-state index is -0.360. The minimum absolute atomic E-state index is 0.0496. The molecule has 2 aromatic carbocycles. The van der Waals surface area contributed by atoms with E-state index in [1.54, 1.807) is 48.5 Å². The standard InChI is InChI=1S/C24H22N2O4/c1-14-6-11-20-21(12-14)24(30)26(23(20)29)19-5-3-4-17(13-19)22(28)25-18-9-7-16(8-10-18)15(2)27/h3-10,13,20-21H,11-12H2,1-2H3,(H,25,28)/t20-,21+/m0/s1. The van der Waals surface area contributed by atoms with Gasteiger partial charge in [0.25, 0.3) is 5.91 Å². The number of carbonyl (C=O) groups is 4. The summed E-state index contributed by atoms with van der Waals surface area (Å²) in [7, 11) is 0. The Morgan fingerprint density at radius 1 is 0.967 bits per heavy atom. The van der Waals surface area contributed by atoms with Crippen LogP contribution in [0.1, 0.15) is 47.4 Å². The van der Waals surface area contributed by atoms with Gasteiger partial charge in [0.1, 0.15) is 0 Å². The van der Waals surface area contributed by atoms with Crippen molar-refractivity contribution in [2.24, 2.45) is 11.8 Å². The Labute approximate surface area is 174 Å². The summed E-state index contributed by atoms with van der Waals surface area (Å²) in [6.07, 6.45) is 3.20. The quantitative estimate of drug-likeness (QED) is 0.476. The van der Waals surface area contributed by atoms with Crippen LogP contribution in [-0.2, 0) is 9.59 Å². The van der Waals surface area contributed by atoms with E-state index < -0.39 is 0 Å². The molecule has 1 aliphatic heterocycles. The fourth-order valence-corrected chi connectivity index (χ4v) is 4.07. The average Bonchev–Trinajstić information content (AvgIpc) is 2.98. The maximum atomic E-state index is 12.9. The molecule has 6 heteroatoms. The van der Waals surface area contributed by atoms with E-state index in [1.807, 2.05) is 13.0 Å². The van der Waals surface area contributed by atoms with E-state index in [4.69, 9.17) is 0 Å². The van der Waals surface area contributed by atoms with E-state index in [1.165, 1.54) is 11.8 Å². The summed E-state index contributed by atoms with van der Waals surface area (Å²) < 4.78 is 0. The molecule has 2 aliphatic rings. The molecular formula is C24H22N2O4. The Balaban J connectivity index is 1.54. The zero-order valence-electron chi connectivity index (χ0n) is 16.8. The number of nitrogens with zero attached hydrogens (tertiary/aromatic N) is 1. The number of imide groups is 1. The first kappa shape index (κ1) is 19.8. The summed E-state index contributed by atoms with van der Waals surface area (Å²) in [6, 6.07) is 13.1. The highest BCUT2D eigenvalue weighted by Crippen LogP contribution is 2.39. The number of amides is 3. The molecule has 2 atom stereocenters. The van der Waals surface area contributed by atoms with E-state index in [2.05, 4.69) is 5.32 Å². The summed E-state index contributed by atoms with van der Waals surface area (Å²) in [4.78, 5) is 51.1. The van der Waals surface area contributed by atoms with Gasteiger partial charge in [0.05, 0.1) is 17.5 Å². The van der Waals surface area contributed by atoms with Crippen LogP contribution in [-0.4, -0.2) is 23.5 Å². The molecule has 0 aromatic heterocycles. The predicted octanol–water partition coefficient (Wildman–Crippen LogP) is 3.99. The number of rotatable bonds is 4. The Kier molecular flexibility index (Phi) is 5.08. The molecule has 3 amide bonds. The van der Waals surface area contributed by atoms with Crippen LogP contribution in [0.5, 0.6) is 0 Å². The summed E-state index contributed by atoms with van der Waals surface area (Å²) in [5.74, 6) is -1.45. The van der Waals surface area contributed by atoms with Crippen molar-refractivity contribution in [1.82, 2.24) is 0 Å². The van der Waals surface area contributed by atoms with Crippen LogP contribution in [0.15, 0.2) is 60.2 Å². The largest absolute Gasteiger partial charge is 0.322 e. The van der Waals surface area contributed by atoms with Crippen LogP contribution >= 0.6 is 0 Å². The molecule has 2 aromatic rings. The Hall–Kier alpha value is -3.54. The normalized spacial score (nSPS) is 20.6. The van der Waals surface area contributed by atoms with Gasteiger partial charge in [-0.1, -0.05) is 17.7 Å². The number of nitrogens with one attached hydrogen (secondary N) is 1. The number of benzene rings is 2. The molecular weight excluding hydrogens is 380 g/mol. The molecule has 1 aliphatic carbocycles. The van der Waals surface area contributed by atoms with Gasteiger partial charge in [-0.2, -0.15) is 0 Å². The molecule has 0 unspecified atom stereocenters. The van der Waals surface area contributed by atoms with E-state index in [9.17, 15) is 19.2 Å². The highest BCUT2D eigenvalue weighted by molar-refractivity contribution is 6.22. The smallest absolute Gasteiger partial charge is 0.255 e. The highest BCUT2D eigenvalue weighted by atomic mass is 16.2. The molecule has 4 rings (SSSR count). The maximum absolute atomic E-state index is 12.9. The SMILES string of the molecule is CC(=O)c1ccc(NC(=O)c2cccc(N3C(=O)[C@H]4CC=C(C)C[C@H]4C3=O)c2)cc1. The van der Waals surface area contributed by atoms with Gasteiger partial charge >= 0.3 is 0 Å². The van der Waals surface area contributed by atoms with E-state index in [-0.39, 0.29) is 35.3 Å². The molecule has 0 radical (unpaired) electrons. The first-order chi connectivity index (χ1) is 14.3. The first-order valence-corrected chi connectivity index (χ1v) is 9.91. The topological polar surface area (TPSA) is 83.6 Å². The van der Waals surface area contributed by atoms with Gasteiger partial charge in [0, 0.05) is 16.8 Å². The van der Waals surface area contributed by atoms with Crippen LogP contribution in [0.4, 0.5) is 11.4 Å². The number of hydrogen-bond donors (Lipinski definition) is 1. The van der Waals surface area contributed by atoms with E-state index in [0.29, 0.717) is 35.3 Å². The fourth-order valence-electron chi connectivity index (χ4n) is 4.07. The molecule has 0 spiro atoms. The molecule has 1 N–H and O–H groups in total.